The van der Waals surface area contributed by atoms with Gasteiger partial charge in [0.05, 0.1) is 5.69 Å². The van der Waals surface area contributed by atoms with E-state index in [0.717, 1.165) is 10.6 Å². The molecule has 0 aliphatic carbocycles. The molecule has 76 valence electrons. The summed E-state index contributed by atoms with van der Waals surface area (Å²) in [6, 6.07) is 3.70. The Hall–Kier alpha value is -1.26. The Morgan fingerprint density at radius 2 is 2.07 bits per heavy atom. The number of rotatable bonds is 2. The summed E-state index contributed by atoms with van der Waals surface area (Å²) in [5, 5.41) is 0.337. The fraction of sp³-hybridized carbons (Fsp3) is 0.100. The van der Waals surface area contributed by atoms with Crippen LogP contribution >= 0.6 is 22.9 Å². The highest BCUT2D eigenvalue weighted by molar-refractivity contribution is 7.18. The van der Waals surface area contributed by atoms with E-state index in [2.05, 4.69) is 9.97 Å². The largest absolute Gasteiger partial charge is 0.275 e. The van der Waals surface area contributed by atoms with Gasteiger partial charge in [-0.1, -0.05) is 0 Å². The number of thiazole rings is 1. The molecule has 0 N–H and O–H groups in total. The van der Waals surface area contributed by atoms with Crippen molar-refractivity contribution < 1.29 is 4.79 Å². The summed E-state index contributed by atoms with van der Waals surface area (Å²) in [6.07, 6.45) is 3.38. The van der Waals surface area contributed by atoms with Crippen LogP contribution in [0.25, 0.3) is 10.6 Å². The van der Waals surface area contributed by atoms with Gasteiger partial charge in [-0.25, -0.2) is 4.98 Å². The van der Waals surface area contributed by atoms with E-state index in [0.29, 0.717) is 10.6 Å². The Morgan fingerprint density at radius 1 is 1.40 bits per heavy atom. The van der Waals surface area contributed by atoms with Crippen LogP contribution in [0.15, 0.2) is 24.5 Å². The van der Waals surface area contributed by atoms with E-state index in [-0.39, 0.29) is 0 Å². The molecule has 0 saturated carbocycles. The molecule has 0 aliphatic heterocycles. The zero-order chi connectivity index (χ0) is 10.8. The zero-order valence-electron chi connectivity index (χ0n) is 7.90. The second-order valence-electron chi connectivity index (χ2n) is 2.94. The van der Waals surface area contributed by atoms with E-state index in [1.807, 2.05) is 12.1 Å². The maximum Gasteiger partial charge on any atom is 0.264 e. The molecule has 2 aromatic rings. The quantitative estimate of drug-likeness (QED) is 0.756. The van der Waals surface area contributed by atoms with Crippen LogP contribution in [0.3, 0.4) is 0 Å². The second kappa shape index (κ2) is 4.08. The Morgan fingerprint density at radius 3 is 2.60 bits per heavy atom. The summed E-state index contributed by atoms with van der Waals surface area (Å²) in [7, 11) is 0. The predicted molar refractivity (Wildman–Crippen MR) is 60.3 cm³/mol. The van der Waals surface area contributed by atoms with Crippen LogP contribution in [0.4, 0.5) is 0 Å². The number of halogens is 1. The Balaban J connectivity index is 2.48. The van der Waals surface area contributed by atoms with E-state index in [1.165, 1.54) is 11.3 Å². The van der Waals surface area contributed by atoms with E-state index in [1.54, 1.807) is 19.3 Å². The minimum Gasteiger partial charge on any atom is -0.275 e. The predicted octanol–water partition coefficient (Wildman–Crippen LogP) is 2.89. The van der Waals surface area contributed by atoms with Crippen molar-refractivity contribution in [1.29, 1.82) is 0 Å². The topological polar surface area (TPSA) is 42.9 Å². The van der Waals surface area contributed by atoms with Gasteiger partial charge in [0.1, 0.15) is 9.88 Å². The first-order valence-corrected chi connectivity index (χ1v) is 5.45. The van der Waals surface area contributed by atoms with Gasteiger partial charge < -0.3 is 0 Å². The lowest BCUT2D eigenvalue weighted by Gasteiger charge is -1.91. The lowest BCUT2D eigenvalue weighted by Crippen LogP contribution is -1.86. The molecule has 0 aliphatic rings. The molecule has 0 saturated heterocycles. The minimum absolute atomic E-state index is 0.453. The van der Waals surface area contributed by atoms with Crippen molar-refractivity contribution in [2.45, 2.75) is 6.92 Å². The van der Waals surface area contributed by atoms with Gasteiger partial charge in [-0.3, -0.25) is 9.78 Å². The molecule has 2 aromatic heterocycles. The number of pyridine rings is 1. The van der Waals surface area contributed by atoms with Crippen LogP contribution < -0.4 is 0 Å². The number of aryl methyl sites for hydroxylation is 1. The maximum atomic E-state index is 11.0. The molecule has 0 fully saturated rings. The summed E-state index contributed by atoms with van der Waals surface area (Å²) in [5.74, 6) is 0. The first-order valence-electron chi connectivity index (χ1n) is 4.26. The molecular weight excluding hydrogens is 232 g/mol. The highest BCUT2D eigenvalue weighted by Crippen LogP contribution is 2.28. The maximum absolute atomic E-state index is 11.0. The van der Waals surface area contributed by atoms with Crippen LogP contribution in [-0.4, -0.2) is 15.2 Å². The summed E-state index contributed by atoms with van der Waals surface area (Å²) < 4.78 is 0. The monoisotopic (exact) mass is 238 g/mol. The van der Waals surface area contributed by atoms with Crippen molar-refractivity contribution in [2.24, 2.45) is 0 Å². The Bertz CT molecular complexity index is 495. The van der Waals surface area contributed by atoms with Gasteiger partial charge in [0.25, 0.3) is 5.24 Å². The molecule has 0 unspecified atom stereocenters. The van der Waals surface area contributed by atoms with Gasteiger partial charge in [-0.15, -0.1) is 11.3 Å². The van der Waals surface area contributed by atoms with Crippen molar-refractivity contribution in [3.63, 3.8) is 0 Å². The number of hydrogen-bond acceptors (Lipinski definition) is 4. The van der Waals surface area contributed by atoms with Crippen LogP contribution in [0.5, 0.6) is 0 Å². The molecule has 0 spiro atoms. The average Bonchev–Trinajstić information content (AvgIpc) is 2.62. The van der Waals surface area contributed by atoms with Crippen molar-refractivity contribution >= 4 is 28.2 Å². The molecule has 0 radical (unpaired) electrons. The molecule has 0 atom stereocenters. The molecule has 2 rings (SSSR count). The van der Waals surface area contributed by atoms with E-state index >= 15 is 0 Å². The number of aromatic nitrogens is 2. The fourth-order valence-electron chi connectivity index (χ4n) is 1.20. The number of carbonyl (C=O) groups is 1. The zero-order valence-corrected chi connectivity index (χ0v) is 9.47. The lowest BCUT2D eigenvalue weighted by molar-refractivity contribution is 0.108. The fourth-order valence-corrected chi connectivity index (χ4v) is 2.35. The summed E-state index contributed by atoms with van der Waals surface area (Å²) in [5.41, 5.74) is 1.62. The van der Waals surface area contributed by atoms with Crippen molar-refractivity contribution in [3.05, 3.63) is 35.1 Å². The average molecular weight is 239 g/mol. The Labute approximate surface area is 95.8 Å². The SMILES string of the molecule is Cc1nc(-c2ccncc2)sc1C(=O)Cl. The van der Waals surface area contributed by atoms with Crippen LogP contribution in [0.1, 0.15) is 15.4 Å². The third-order valence-electron chi connectivity index (χ3n) is 1.90. The van der Waals surface area contributed by atoms with Crippen LogP contribution in [0, 0.1) is 6.92 Å². The van der Waals surface area contributed by atoms with Crippen molar-refractivity contribution in [3.8, 4) is 10.6 Å². The van der Waals surface area contributed by atoms with Gasteiger partial charge >= 0.3 is 0 Å². The van der Waals surface area contributed by atoms with E-state index < -0.39 is 5.24 Å². The lowest BCUT2D eigenvalue weighted by atomic mass is 10.3. The van der Waals surface area contributed by atoms with Gasteiger partial charge in [0.2, 0.25) is 0 Å². The highest BCUT2D eigenvalue weighted by Gasteiger charge is 2.13. The molecule has 0 aromatic carbocycles. The second-order valence-corrected chi connectivity index (χ2v) is 4.29. The van der Waals surface area contributed by atoms with Crippen molar-refractivity contribution in [2.75, 3.05) is 0 Å². The van der Waals surface area contributed by atoms with Crippen molar-refractivity contribution in [1.82, 2.24) is 9.97 Å². The molecule has 0 bridgehead atoms. The van der Waals surface area contributed by atoms with Gasteiger partial charge in [-0.2, -0.15) is 0 Å². The molecule has 0 amide bonds. The van der Waals surface area contributed by atoms with Gasteiger partial charge in [-0.05, 0) is 30.7 Å². The first kappa shape index (κ1) is 10.3. The Kier molecular flexibility index (Phi) is 2.79. The van der Waals surface area contributed by atoms with E-state index in [9.17, 15) is 4.79 Å². The highest BCUT2D eigenvalue weighted by atomic mass is 35.5. The third kappa shape index (κ3) is 2.06. The number of carbonyl (C=O) groups excluding carboxylic acids is 1. The first-order chi connectivity index (χ1) is 7.18. The standard InChI is InChI=1S/C10H7ClN2OS/c1-6-8(9(11)14)15-10(13-6)7-2-4-12-5-3-7/h2-5H,1H3. The van der Waals surface area contributed by atoms with Crippen LogP contribution in [-0.2, 0) is 0 Å². The third-order valence-corrected chi connectivity index (χ3v) is 3.41. The summed E-state index contributed by atoms with van der Waals surface area (Å²) >= 11 is 6.73. The minimum atomic E-state index is -0.453. The molecule has 5 heteroatoms. The molecule has 15 heavy (non-hydrogen) atoms. The molecular formula is C10H7ClN2OS. The summed E-state index contributed by atoms with van der Waals surface area (Å²) in [6.45, 7) is 1.77. The molecule has 3 nitrogen and oxygen atoms in total. The van der Waals surface area contributed by atoms with Gasteiger partial charge in [0, 0.05) is 18.0 Å². The molecule has 2 heterocycles. The summed E-state index contributed by atoms with van der Waals surface area (Å²) in [4.78, 5) is 19.7. The van der Waals surface area contributed by atoms with E-state index in [4.69, 9.17) is 11.6 Å². The number of hydrogen-bond donors (Lipinski definition) is 0. The van der Waals surface area contributed by atoms with Crippen LogP contribution in [0.2, 0.25) is 0 Å². The number of nitrogens with zero attached hydrogens (tertiary/aromatic N) is 2. The normalized spacial score (nSPS) is 10.3. The smallest absolute Gasteiger partial charge is 0.264 e. The van der Waals surface area contributed by atoms with Gasteiger partial charge in [0.15, 0.2) is 0 Å².